The van der Waals surface area contributed by atoms with Crippen LogP contribution in [0.1, 0.15) is 100 Å². The fourth-order valence-electron chi connectivity index (χ4n) is 5.58. The van der Waals surface area contributed by atoms with Crippen molar-refractivity contribution in [2.75, 3.05) is 26.9 Å². The van der Waals surface area contributed by atoms with Crippen LogP contribution in [-0.2, 0) is 42.9 Å². The number of hydrogen-bond acceptors (Lipinski definition) is 10. The van der Waals surface area contributed by atoms with E-state index in [1.807, 2.05) is 20.8 Å². The van der Waals surface area contributed by atoms with Gasteiger partial charge in [-0.15, -0.1) is 0 Å². The molecule has 0 aliphatic heterocycles. The lowest BCUT2D eigenvalue weighted by atomic mass is 9.59. The van der Waals surface area contributed by atoms with Crippen LogP contribution in [0.4, 0.5) is 4.79 Å². The molecule has 11 nitrogen and oxygen atoms in total. The maximum Gasteiger partial charge on any atom is 0.508 e. The number of methoxy groups -OCH3 is 1. The summed E-state index contributed by atoms with van der Waals surface area (Å²) in [6.45, 7) is 14.1. The van der Waals surface area contributed by atoms with Crippen molar-refractivity contribution in [1.29, 1.82) is 0 Å². The molecule has 0 aromatic rings. The van der Waals surface area contributed by atoms with Gasteiger partial charge in [0.15, 0.2) is 0 Å². The Morgan fingerprint density at radius 2 is 1.49 bits per heavy atom. The standard InChI is InChI=1S/C30H50O11/c1-20(16-38-26(36)37-9)41-23(32)12-21-13-28(5,6)17-29(7,14-21)11-10-22(31)39-18-30(8,25(34)35)19-40-24(33)15-27(2,3)4/h20-21H,10-19H2,1-9H3,(H,34,35). The molecule has 1 rings (SSSR count). The molecule has 0 saturated heterocycles. The topological polar surface area (TPSA) is 152 Å². The second-order valence-electron chi connectivity index (χ2n) is 14.1. The summed E-state index contributed by atoms with van der Waals surface area (Å²) in [5, 5.41) is 9.70. The molecule has 0 heterocycles. The number of carbonyl (C=O) groups is 5. The average molecular weight is 587 g/mol. The number of carboxylic acid groups (broad SMARTS) is 1. The van der Waals surface area contributed by atoms with E-state index < -0.39 is 48.8 Å². The lowest BCUT2D eigenvalue weighted by Gasteiger charge is -2.46. The van der Waals surface area contributed by atoms with Crippen LogP contribution in [0.5, 0.6) is 0 Å². The summed E-state index contributed by atoms with van der Waals surface area (Å²) in [6, 6.07) is 0. The van der Waals surface area contributed by atoms with Crippen LogP contribution in [0.25, 0.3) is 0 Å². The molecule has 4 atom stereocenters. The van der Waals surface area contributed by atoms with Crippen molar-refractivity contribution in [2.45, 2.75) is 106 Å². The number of ether oxygens (including phenoxy) is 5. The zero-order chi connectivity index (χ0) is 31.6. The molecule has 236 valence electrons. The summed E-state index contributed by atoms with van der Waals surface area (Å²) in [5.41, 5.74) is -2.18. The van der Waals surface area contributed by atoms with Crippen molar-refractivity contribution in [3.8, 4) is 0 Å². The molecular formula is C30H50O11. The Labute approximate surface area is 243 Å². The second-order valence-corrected chi connectivity index (χ2v) is 14.1. The highest BCUT2D eigenvalue weighted by molar-refractivity contribution is 5.77. The van der Waals surface area contributed by atoms with E-state index in [9.17, 15) is 29.1 Å². The molecule has 1 N–H and O–H groups in total. The fraction of sp³-hybridized carbons (Fsp3) is 0.833. The molecule has 0 radical (unpaired) electrons. The van der Waals surface area contributed by atoms with Gasteiger partial charge in [0.1, 0.15) is 31.3 Å². The van der Waals surface area contributed by atoms with Crippen LogP contribution in [0.2, 0.25) is 0 Å². The largest absolute Gasteiger partial charge is 0.508 e. The van der Waals surface area contributed by atoms with Crippen LogP contribution in [-0.4, -0.2) is 68.2 Å². The SMILES string of the molecule is COC(=O)OCC(C)OC(=O)CC1CC(C)(C)CC(C)(CCC(=O)OCC(C)(COC(=O)CC(C)(C)C)C(=O)O)C1. The van der Waals surface area contributed by atoms with Gasteiger partial charge in [-0.25, -0.2) is 4.79 Å². The number of esters is 3. The first-order valence-corrected chi connectivity index (χ1v) is 14.1. The Morgan fingerprint density at radius 1 is 0.902 bits per heavy atom. The van der Waals surface area contributed by atoms with Gasteiger partial charge in [-0.3, -0.25) is 19.2 Å². The minimum absolute atomic E-state index is 0.0408. The zero-order valence-electron chi connectivity index (χ0n) is 26.3. The minimum atomic E-state index is -1.57. The highest BCUT2D eigenvalue weighted by Crippen LogP contribution is 2.51. The summed E-state index contributed by atoms with van der Waals surface area (Å²) >= 11 is 0. The molecule has 0 bridgehead atoms. The van der Waals surface area contributed by atoms with Gasteiger partial charge < -0.3 is 28.8 Å². The third-order valence-corrected chi connectivity index (χ3v) is 7.15. The Balaban J connectivity index is 2.66. The monoisotopic (exact) mass is 586 g/mol. The predicted molar refractivity (Wildman–Crippen MR) is 149 cm³/mol. The van der Waals surface area contributed by atoms with Crippen molar-refractivity contribution < 1.29 is 52.8 Å². The Kier molecular flexibility index (Phi) is 13.1. The van der Waals surface area contributed by atoms with Crippen molar-refractivity contribution >= 4 is 30.0 Å². The molecule has 0 spiro atoms. The molecular weight excluding hydrogens is 536 g/mol. The van der Waals surface area contributed by atoms with E-state index in [0.717, 1.165) is 12.8 Å². The van der Waals surface area contributed by atoms with E-state index in [4.69, 9.17) is 18.9 Å². The first-order valence-electron chi connectivity index (χ1n) is 14.1. The molecule has 1 aliphatic rings. The third-order valence-electron chi connectivity index (χ3n) is 7.15. The summed E-state index contributed by atoms with van der Waals surface area (Å²) in [7, 11) is 1.20. The molecule has 41 heavy (non-hydrogen) atoms. The lowest BCUT2D eigenvalue weighted by molar-refractivity contribution is -0.166. The van der Waals surface area contributed by atoms with Gasteiger partial charge in [-0.2, -0.15) is 0 Å². The summed E-state index contributed by atoms with van der Waals surface area (Å²) < 4.78 is 25.2. The number of aliphatic carboxylic acids is 1. The van der Waals surface area contributed by atoms with Gasteiger partial charge in [0.25, 0.3) is 0 Å². The maximum atomic E-state index is 12.7. The Hall–Kier alpha value is -2.85. The first kappa shape index (κ1) is 36.2. The van der Waals surface area contributed by atoms with Crippen molar-refractivity contribution in [3.05, 3.63) is 0 Å². The van der Waals surface area contributed by atoms with Crippen LogP contribution in [0.15, 0.2) is 0 Å². The molecule has 1 aliphatic carbocycles. The van der Waals surface area contributed by atoms with Crippen molar-refractivity contribution in [2.24, 2.45) is 27.6 Å². The summed E-state index contributed by atoms with van der Waals surface area (Å²) in [6.07, 6.45) is 1.86. The number of hydrogen-bond donors (Lipinski definition) is 1. The fourth-order valence-corrected chi connectivity index (χ4v) is 5.58. The van der Waals surface area contributed by atoms with E-state index in [2.05, 4.69) is 25.5 Å². The van der Waals surface area contributed by atoms with E-state index in [1.165, 1.54) is 14.0 Å². The number of carbonyl (C=O) groups excluding carboxylic acids is 4. The van der Waals surface area contributed by atoms with E-state index in [0.29, 0.717) is 12.8 Å². The number of rotatable bonds is 14. The maximum absolute atomic E-state index is 12.7. The second kappa shape index (κ2) is 14.9. The average Bonchev–Trinajstić information content (AvgIpc) is 2.81. The van der Waals surface area contributed by atoms with Crippen LogP contribution in [0, 0.1) is 27.6 Å². The molecule has 4 unspecified atom stereocenters. The molecule has 1 fully saturated rings. The smallest absolute Gasteiger partial charge is 0.481 e. The Bertz CT molecular complexity index is 935. The van der Waals surface area contributed by atoms with Gasteiger partial charge in [0, 0.05) is 12.8 Å². The minimum Gasteiger partial charge on any atom is -0.481 e. The van der Waals surface area contributed by atoms with Gasteiger partial charge in [-0.1, -0.05) is 41.5 Å². The third kappa shape index (κ3) is 14.1. The van der Waals surface area contributed by atoms with Crippen LogP contribution in [0.3, 0.4) is 0 Å². The predicted octanol–water partition coefficient (Wildman–Crippen LogP) is 5.32. The molecule has 1 saturated carbocycles. The van der Waals surface area contributed by atoms with Gasteiger partial charge in [0.2, 0.25) is 0 Å². The van der Waals surface area contributed by atoms with Gasteiger partial charge >= 0.3 is 30.0 Å². The molecule has 11 heteroatoms. The molecule has 0 aromatic carbocycles. The molecule has 0 amide bonds. The normalized spacial score (nSPS) is 22.4. The van der Waals surface area contributed by atoms with Gasteiger partial charge in [0.05, 0.1) is 13.5 Å². The van der Waals surface area contributed by atoms with Crippen LogP contribution >= 0.6 is 0 Å². The zero-order valence-corrected chi connectivity index (χ0v) is 26.3. The highest BCUT2D eigenvalue weighted by atomic mass is 16.7. The Morgan fingerprint density at radius 3 is 2.02 bits per heavy atom. The summed E-state index contributed by atoms with van der Waals surface area (Å²) in [5.74, 6) is -2.61. The molecule has 0 aromatic heterocycles. The quantitative estimate of drug-likeness (QED) is 0.208. The van der Waals surface area contributed by atoms with Crippen LogP contribution < -0.4 is 0 Å². The van der Waals surface area contributed by atoms with E-state index >= 15 is 0 Å². The van der Waals surface area contributed by atoms with Crippen molar-refractivity contribution in [1.82, 2.24) is 0 Å². The van der Waals surface area contributed by atoms with E-state index in [1.54, 1.807) is 6.92 Å². The lowest BCUT2D eigenvalue weighted by Crippen LogP contribution is -2.39. The van der Waals surface area contributed by atoms with Crippen molar-refractivity contribution in [3.63, 3.8) is 0 Å². The first-order chi connectivity index (χ1) is 18.7. The number of carboxylic acids is 1. The van der Waals surface area contributed by atoms with Gasteiger partial charge in [-0.05, 0) is 61.7 Å². The highest BCUT2D eigenvalue weighted by Gasteiger charge is 2.42. The van der Waals surface area contributed by atoms with E-state index in [-0.39, 0.29) is 54.0 Å². The summed E-state index contributed by atoms with van der Waals surface area (Å²) in [4.78, 5) is 60.3.